The van der Waals surface area contributed by atoms with Crippen molar-refractivity contribution in [3.63, 3.8) is 0 Å². The van der Waals surface area contributed by atoms with Gasteiger partial charge in [-0.3, -0.25) is 19.8 Å². The second-order valence-electron chi connectivity index (χ2n) is 11.4. The minimum atomic E-state index is -0.517. The number of fused-ring (bicyclic) bond motifs is 3. The predicted molar refractivity (Wildman–Crippen MR) is 146 cm³/mol. The molecule has 0 bridgehead atoms. The molecule has 2 fully saturated rings. The predicted octanol–water partition coefficient (Wildman–Crippen LogP) is 4.21. The van der Waals surface area contributed by atoms with Gasteiger partial charge in [0, 0.05) is 32.1 Å². The average molecular weight is 537 g/mol. The molecule has 39 heavy (non-hydrogen) atoms. The molecule has 0 unspecified atom stereocenters. The lowest BCUT2D eigenvalue weighted by Gasteiger charge is -2.37. The Bertz CT molecular complexity index is 1390. The summed E-state index contributed by atoms with van der Waals surface area (Å²) in [4.78, 5) is 40.5. The van der Waals surface area contributed by atoms with Gasteiger partial charge in [0.05, 0.1) is 11.3 Å². The number of aromatic nitrogens is 1. The number of nitrogens with one attached hydrogen (secondary N) is 1. The van der Waals surface area contributed by atoms with Gasteiger partial charge in [-0.15, -0.1) is 0 Å². The summed E-state index contributed by atoms with van der Waals surface area (Å²) in [6.45, 7) is 8.32. The second-order valence-corrected chi connectivity index (χ2v) is 11.4. The van der Waals surface area contributed by atoms with E-state index in [4.69, 9.17) is 14.0 Å². The lowest BCUT2D eigenvalue weighted by molar-refractivity contribution is -0.134. The van der Waals surface area contributed by atoms with Crippen molar-refractivity contribution in [1.29, 1.82) is 0 Å². The van der Waals surface area contributed by atoms with Crippen LogP contribution in [-0.2, 0) is 14.3 Å². The third-order valence-electron chi connectivity index (χ3n) is 7.47. The number of rotatable bonds is 6. The molecule has 2 saturated heterocycles. The molecule has 2 aliphatic heterocycles. The normalized spacial score (nSPS) is 19.1. The number of benzene rings is 2. The largest absolute Gasteiger partial charge is 0.492 e. The molecule has 10 heteroatoms. The van der Waals surface area contributed by atoms with Crippen molar-refractivity contribution >= 4 is 39.6 Å². The zero-order chi connectivity index (χ0) is 27.7. The fourth-order valence-corrected chi connectivity index (χ4v) is 5.36. The summed E-state index contributed by atoms with van der Waals surface area (Å²) >= 11 is 0. The van der Waals surface area contributed by atoms with Crippen molar-refractivity contribution < 1.29 is 28.4 Å². The lowest BCUT2D eigenvalue weighted by Crippen LogP contribution is -2.47. The molecule has 2 aliphatic rings. The molecule has 2 aromatic carbocycles. The number of amides is 3. The Balaban J connectivity index is 1.18. The lowest BCUT2D eigenvalue weighted by atomic mass is 9.91. The van der Waals surface area contributed by atoms with E-state index in [0.29, 0.717) is 43.4 Å². The highest BCUT2D eigenvalue weighted by atomic mass is 16.6. The van der Waals surface area contributed by atoms with Crippen molar-refractivity contribution in [1.82, 2.24) is 20.3 Å². The molecule has 0 saturated carbocycles. The van der Waals surface area contributed by atoms with Gasteiger partial charge < -0.3 is 18.9 Å². The molecule has 3 heterocycles. The Hall–Kier alpha value is -3.66. The van der Waals surface area contributed by atoms with Crippen molar-refractivity contribution in [2.24, 2.45) is 0 Å². The topological polar surface area (TPSA) is 114 Å². The summed E-state index contributed by atoms with van der Waals surface area (Å²) in [7, 11) is 2.09. The van der Waals surface area contributed by atoms with Crippen LogP contribution >= 0.6 is 0 Å². The van der Waals surface area contributed by atoms with Crippen molar-refractivity contribution in [3.05, 3.63) is 36.0 Å². The zero-order valence-electron chi connectivity index (χ0n) is 23.0. The number of likely N-dealkylation sites (tertiary alicyclic amines) is 1. The molecule has 5 rings (SSSR count). The van der Waals surface area contributed by atoms with E-state index in [0.717, 1.165) is 41.3 Å². The van der Waals surface area contributed by atoms with Crippen molar-refractivity contribution in [3.8, 4) is 5.75 Å². The van der Waals surface area contributed by atoms with Crippen LogP contribution in [0.15, 0.2) is 34.9 Å². The summed E-state index contributed by atoms with van der Waals surface area (Å²) in [5.74, 6) is -0.350. The minimum absolute atomic E-state index is 0.240. The van der Waals surface area contributed by atoms with E-state index >= 15 is 0 Å². The maximum atomic E-state index is 12.5. The number of nitrogens with zero attached hydrogens (tertiary/aromatic N) is 3. The first kappa shape index (κ1) is 26.9. The van der Waals surface area contributed by atoms with E-state index in [1.807, 2.05) is 51.1 Å². The highest BCUT2D eigenvalue weighted by molar-refractivity contribution is 6.10. The van der Waals surface area contributed by atoms with Crippen LogP contribution in [-0.4, -0.2) is 77.8 Å². The Morgan fingerprint density at radius 2 is 1.92 bits per heavy atom. The molecule has 1 N–H and O–H groups in total. The quantitative estimate of drug-likeness (QED) is 0.466. The molecule has 3 amide bonds. The number of piperidine rings is 2. The summed E-state index contributed by atoms with van der Waals surface area (Å²) in [5, 5.41) is 9.28. The molecule has 1 aromatic heterocycles. The van der Waals surface area contributed by atoms with E-state index < -0.39 is 11.5 Å². The number of likely N-dealkylation sites (N-methyl/N-ethyl adjacent to an activating group) is 1. The molecule has 1 atom stereocenters. The van der Waals surface area contributed by atoms with Crippen LogP contribution in [0.4, 0.5) is 4.79 Å². The number of carbonyl (C=O) groups is 3. The maximum Gasteiger partial charge on any atom is 0.410 e. The van der Waals surface area contributed by atoms with E-state index in [2.05, 4.69) is 22.4 Å². The van der Waals surface area contributed by atoms with Gasteiger partial charge in [0.25, 0.3) is 0 Å². The summed E-state index contributed by atoms with van der Waals surface area (Å²) < 4.78 is 17.1. The summed E-state index contributed by atoms with van der Waals surface area (Å²) in [6, 6.07) is 10.1. The SMILES string of the molecule is CN(CCOc1ccc2c(ccc3onc([C@H]4CCC(=O)NC4=O)c32)c1)C1CCN(C(=O)OC(C)(C)C)CC1. The van der Waals surface area contributed by atoms with Crippen LogP contribution in [0.3, 0.4) is 0 Å². The molecule has 208 valence electrons. The van der Waals surface area contributed by atoms with Gasteiger partial charge in [-0.2, -0.15) is 0 Å². The number of ether oxygens (including phenoxy) is 2. The summed E-state index contributed by atoms with van der Waals surface area (Å²) in [5.41, 5.74) is 0.686. The highest BCUT2D eigenvalue weighted by Crippen LogP contribution is 2.36. The number of hydrogen-bond donors (Lipinski definition) is 1. The van der Waals surface area contributed by atoms with Gasteiger partial charge in [0.2, 0.25) is 11.8 Å². The van der Waals surface area contributed by atoms with Crippen molar-refractivity contribution in [2.75, 3.05) is 33.3 Å². The molecule has 0 aliphatic carbocycles. The molecule has 3 aromatic rings. The van der Waals surface area contributed by atoms with Gasteiger partial charge in [0.1, 0.15) is 23.7 Å². The molecule has 0 radical (unpaired) electrons. The van der Waals surface area contributed by atoms with Gasteiger partial charge in [0.15, 0.2) is 5.58 Å². The van der Waals surface area contributed by atoms with E-state index in [-0.39, 0.29) is 24.3 Å². The number of imide groups is 1. The fourth-order valence-electron chi connectivity index (χ4n) is 5.36. The Labute approximate surface area is 227 Å². The maximum absolute atomic E-state index is 12.5. The van der Waals surface area contributed by atoms with Crippen LogP contribution in [0.2, 0.25) is 0 Å². The third kappa shape index (κ3) is 6.00. The van der Waals surface area contributed by atoms with Crippen molar-refractivity contribution in [2.45, 2.75) is 64.0 Å². The van der Waals surface area contributed by atoms with Gasteiger partial charge in [-0.05, 0) is 82.1 Å². The monoisotopic (exact) mass is 536 g/mol. The second kappa shape index (κ2) is 10.8. The molecule has 10 nitrogen and oxygen atoms in total. The van der Waals surface area contributed by atoms with Crippen LogP contribution in [0.5, 0.6) is 5.75 Å². The Morgan fingerprint density at radius 3 is 2.64 bits per heavy atom. The number of hydrogen-bond acceptors (Lipinski definition) is 8. The molecule has 0 spiro atoms. The van der Waals surface area contributed by atoms with E-state index in [9.17, 15) is 14.4 Å². The van der Waals surface area contributed by atoms with Gasteiger partial charge >= 0.3 is 6.09 Å². The number of carbonyl (C=O) groups excluding carboxylic acids is 3. The van der Waals surface area contributed by atoms with E-state index in [1.54, 1.807) is 4.90 Å². The molecular weight excluding hydrogens is 500 g/mol. The van der Waals surface area contributed by atoms with Crippen LogP contribution in [0.25, 0.3) is 21.7 Å². The van der Waals surface area contributed by atoms with Crippen LogP contribution in [0, 0.1) is 0 Å². The first-order valence-electron chi connectivity index (χ1n) is 13.6. The van der Waals surface area contributed by atoms with Crippen LogP contribution in [0.1, 0.15) is 58.1 Å². The third-order valence-corrected chi connectivity index (χ3v) is 7.47. The standard InChI is InChI=1S/C29H36N4O6/c1-29(2,3)38-28(36)33-13-11-19(12-14-33)32(4)15-16-37-20-6-7-21-18(17-20)5-9-23-25(21)26(31-39-23)22-8-10-24(34)30-27(22)35/h5-7,9,17,19,22H,8,10-16H2,1-4H3,(H,30,34,35)/t22-/m1/s1. The molecular formula is C29H36N4O6. The summed E-state index contributed by atoms with van der Waals surface area (Å²) in [6.07, 6.45) is 2.25. The Kier molecular flexibility index (Phi) is 7.48. The average Bonchev–Trinajstić information content (AvgIpc) is 3.32. The fraction of sp³-hybridized carbons (Fsp3) is 0.517. The van der Waals surface area contributed by atoms with Gasteiger partial charge in [-0.25, -0.2) is 4.79 Å². The first-order valence-corrected chi connectivity index (χ1v) is 13.6. The first-order chi connectivity index (χ1) is 18.6. The highest BCUT2D eigenvalue weighted by Gasteiger charge is 2.32. The Morgan fingerprint density at radius 1 is 1.15 bits per heavy atom. The zero-order valence-corrected chi connectivity index (χ0v) is 23.0. The smallest absolute Gasteiger partial charge is 0.410 e. The van der Waals surface area contributed by atoms with Crippen LogP contribution < -0.4 is 10.1 Å². The minimum Gasteiger partial charge on any atom is -0.492 e. The van der Waals surface area contributed by atoms with Gasteiger partial charge in [-0.1, -0.05) is 11.2 Å². The van der Waals surface area contributed by atoms with E-state index in [1.165, 1.54) is 0 Å².